The van der Waals surface area contributed by atoms with Crippen LogP contribution in [0.15, 0.2) is 42.5 Å². The van der Waals surface area contributed by atoms with E-state index in [9.17, 15) is 9.59 Å². The van der Waals surface area contributed by atoms with Gasteiger partial charge in [-0.3, -0.25) is 14.5 Å². The Bertz CT molecular complexity index is 990. The van der Waals surface area contributed by atoms with E-state index in [0.29, 0.717) is 37.8 Å². The number of nitrogens with zero attached hydrogens (tertiary/aromatic N) is 2. The van der Waals surface area contributed by atoms with Gasteiger partial charge in [0.25, 0.3) is 0 Å². The lowest BCUT2D eigenvalue weighted by atomic mass is 10.0. The molecule has 0 spiro atoms. The van der Waals surface area contributed by atoms with Gasteiger partial charge in [0.2, 0.25) is 0 Å². The van der Waals surface area contributed by atoms with Crippen molar-refractivity contribution in [1.29, 1.82) is 0 Å². The number of hydrogen-bond acceptors (Lipinski definition) is 6. The highest BCUT2D eigenvalue weighted by atomic mass is 16.5. The molecule has 33 heavy (non-hydrogen) atoms. The van der Waals surface area contributed by atoms with Crippen LogP contribution >= 0.6 is 0 Å². The molecule has 8 nitrogen and oxygen atoms in total. The van der Waals surface area contributed by atoms with Crippen molar-refractivity contribution in [1.82, 2.24) is 10.2 Å². The fraction of sp³-hybridized carbons (Fsp3) is 0.440. The average Bonchev–Trinajstić information content (AvgIpc) is 3.21. The first-order valence-electron chi connectivity index (χ1n) is 11.5. The second-order valence-corrected chi connectivity index (χ2v) is 8.32. The number of benzene rings is 2. The summed E-state index contributed by atoms with van der Waals surface area (Å²) in [6.45, 7) is 6.58. The van der Waals surface area contributed by atoms with E-state index < -0.39 is 11.8 Å². The molecule has 2 aliphatic rings. The van der Waals surface area contributed by atoms with Gasteiger partial charge in [0, 0.05) is 38.9 Å². The first-order chi connectivity index (χ1) is 16.1. The largest absolute Gasteiger partial charge is 0.492 e. The molecule has 0 saturated carbocycles. The summed E-state index contributed by atoms with van der Waals surface area (Å²) < 4.78 is 11.1. The first-order valence-corrected chi connectivity index (χ1v) is 11.5. The Morgan fingerprint density at radius 1 is 1.09 bits per heavy atom. The maximum Gasteiger partial charge on any atom is 0.313 e. The van der Waals surface area contributed by atoms with Gasteiger partial charge in [-0.2, -0.15) is 0 Å². The fourth-order valence-electron chi connectivity index (χ4n) is 4.44. The highest BCUT2D eigenvalue weighted by molar-refractivity contribution is 6.39. The van der Waals surface area contributed by atoms with Crippen LogP contribution < -0.4 is 20.3 Å². The van der Waals surface area contributed by atoms with Crippen molar-refractivity contribution >= 4 is 23.2 Å². The molecule has 1 saturated heterocycles. The zero-order valence-corrected chi connectivity index (χ0v) is 19.3. The lowest BCUT2D eigenvalue weighted by Crippen LogP contribution is -2.45. The Kier molecular flexibility index (Phi) is 7.47. The van der Waals surface area contributed by atoms with E-state index in [1.165, 1.54) is 11.3 Å². The summed E-state index contributed by atoms with van der Waals surface area (Å²) in [6, 6.07) is 13.6. The molecule has 2 aromatic carbocycles. The first kappa shape index (κ1) is 23.1. The predicted octanol–water partition coefficient (Wildman–Crippen LogP) is 2.21. The smallest absolute Gasteiger partial charge is 0.313 e. The van der Waals surface area contributed by atoms with E-state index in [1.807, 2.05) is 13.0 Å². The van der Waals surface area contributed by atoms with Crippen molar-refractivity contribution < 1.29 is 19.1 Å². The third kappa shape index (κ3) is 5.46. The zero-order chi connectivity index (χ0) is 23.2. The highest BCUT2D eigenvalue weighted by Gasteiger charge is 2.26. The predicted molar refractivity (Wildman–Crippen MR) is 128 cm³/mol. The van der Waals surface area contributed by atoms with E-state index in [-0.39, 0.29) is 6.04 Å². The lowest BCUT2D eigenvalue weighted by molar-refractivity contribution is -0.136. The molecule has 2 aliphatic heterocycles. The van der Waals surface area contributed by atoms with Gasteiger partial charge in [-0.15, -0.1) is 0 Å². The monoisotopic (exact) mass is 452 g/mol. The highest BCUT2D eigenvalue weighted by Crippen LogP contribution is 2.31. The fourth-order valence-corrected chi connectivity index (χ4v) is 4.44. The number of carbonyl (C=O) groups is 2. The van der Waals surface area contributed by atoms with Crippen LogP contribution in [-0.2, 0) is 20.7 Å². The van der Waals surface area contributed by atoms with Gasteiger partial charge < -0.3 is 25.0 Å². The number of ether oxygens (including phenoxy) is 2. The molecular weight excluding hydrogens is 420 g/mol. The molecule has 4 rings (SSSR count). The van der Waals surface area contributed by atoms with Crippen molar-refractivity contribution in [2.45, 2.75) is 19.4 Å². The van der Waals surface area contributed by atoms with E-state index in [2.05, 4.69) is 45.7 Å². The minimum Gasteiger partial charge on any atom is -0.492 e. The van der Waals surface area contributed by atoms with Crippen molar-refractivity contribution in [3.63, 3.8) is 0 Å². The van der Waals surface area contributed by atoms with Gasteiger partial charge in [-0.05, 0) is 42.7 Å². The molecule has 2 N–H and O–H groups in total. The molecule has 0 aliphatic carbocycles. The number of para-hydroxylation sites is 2. The molecular formula is C25H32N4O4. The molecule has 0 aromatic heterocycles. The lowest BCUT2D eigenvalue weighted by Gasteiger charge is -2.35. The molecule has 2 heterocycles. The van der Waals surface area contributed by atoms with Gasteiger partial charge in [-0.1, -0.05) is 24.3 Å². The Hall–Kier alpha value is -3.10. The minimum absolute atomic E-state index is 0.0300. The standard InChI is InChI=1S/C25H32N4O4/c1-3-33-23-7-5-4-6-20(23)27-25(31)24(30)26-17-22(29-12-14-32-15-13-29)18-8-9-21-19(16-18)10-11-28(21)2/h4-9,16,22H,3,10-15,17H2,1-2H3,(H,26,30)(H,27,31). The summed E-state index contributed by atoms with van der Waals surface area (Å²) in [4.78, 5) is 29.8. The maximum absolute atomic E-state index is 12.7. The number of nitrogens with one attached hydrogen (secondary N) is 2. The third-order valence-electron chi connectivity index (χ3n) is 6.20. The van der Waals surface area contributed by atoms with E-state index in [4.69, 9.17) is 9.47 Å². The number of hydrogen-bond donors (Lipinski definition) is 2. The van der Waals surface area contributed by atoms with Crippen LogP contribution in [0.1, 0.15) is 24.1 Å². The molecule has 2 aromatic rings. The summed E-state index contributed by atoms with van der Waals surface area (Å²) >= 11 is 0. The van der Waals surface area contributed by atoms with Crippen LogP contribution in [0.4, 0.5) is 11.4 Å². The molecule has 2 amide bonds. The minimum atomic E-state index is -0.710. The molecule has 0 bridgehead atoms. The molecule has 1 atom stereocenters. The van der Waals surface area contributed by atoms with Crippen molar-refractivity contribution in [2.24, 2.45) is 0 Å². The molecule has 1 unspecified atom stereocenters. The number of anilines is 2. The average molecular weight is 453 g/mol. The molecule has 0 radical (unpaired) electrons. The molecule has 176 valence electrons. The van der Waals surface area contributed by atoms with Gasteiger partial charge in [0.05, 0.1) is 31.5 Å². The van der Waals surface area contributed by atoms with Gasteiger partial charge >= 0.3 is 11.8 Å². The van der Waals surface area contributed by atoms with Gasteiger partial charge in [-0.25, -0.2) is 0 Å². The van der Waals surface area contributed by atoms with Crippen LogP contribution in [0.2, 0.25) is 0 Å². The van der Waals surface area contributed by atoms with Crippen LogP contribution in [-0.4, -0.2) is 69.8 Å². The van der Waals surface area contributed by atoms with E-state index in [0.717, 1.165) is 31.6 Å². The number of carbonyl (C=O) groups excluding carboxylic acids is 2. The quantitative estimate of drug-likeness (QED) is 0.627. The number of fused-ring (bicyclic) bond motifs is 1. The van der Waals surface area contributed by atoms with Crippen LogP contribution in [0.5, 0.6) is 5.75 Å². The Morgan fingerprint density at radius 2 is 1.88 bits per heavy atom. The molecule has 1 fully saturated rings. The summed E-state index contributed by atoms with van der Waals surface area (Å²) in [7, 11) is 2.10. The molecule has 8 heteroatoms. The summed E-state index contributed by atoms with van der Waals surface area (Å²) in [5.74, 6) is -0.839. The number of amides is 2. The maximum atomic E-state index is 12.7. The zero-order valence-electron chi connectivity index (χ0n) is 19.3. The van der Waals surface area contributed by atoms with Gasteiger partial charge in [0.15, 0.2) is 0 Å². The Labute approximate surface area is 194 Å². The second kappa shape index (κ2) is 10.7. The third-order valence-corrected chi connectivity index (χ3v) is 6.20. The van der Waals surface area contributed by atoms with E-state index in [1.54, 1.807) is 18.2 Å². The van der Waals surface area contributed by atoms with Crippen molar-refractivity contribution in [3.8, 4) is 5.75 Å². The number of morpholine rings is 1. The second-order valence-electron chi connectivity index (χ2n) is 8.32. The van der Waals surface area contributed by atoms with Gasteiger partial charge in [0.1, 0.15) is 5.75 Å². The normalized spacial score (nSPS) is 16.7. The topological polar surface area (TPSA) is 83.1 Å². The Morgan fingerprint density at radius 3 is 2.67 bits per heavy atom. The van der Waals surface area contributed by atoms with Crippen LogP contribution in [0, 0.1) is 0 Å². The SMILES string of the molecule is CCOc1ccccc1NC(=O)C(=O)NCC(c1ccc2c(c1)CCN2C)N1CCOCC1. The Balaban J connectivity index is 1.44. The van der Waals surface area contributed by atoms with Crippen LogP contribution in [0.25, 0.3) is 0 Å². The van der Waals surface area contributed by atoms with Crippen LogP contribution in [0.3, 0.4) is 0 Å². The summed E-state index contributed by atoms with van der Waals surface area (Å²) in [6.07, 6.45) is 1.02. The number of rotatable bonds is 7. The van der Waals surface area contributed by atoms with Crippen molar-refractivity contribution in [2.75, 3.05) is 63.3 Å². The van der Waals surface area contributed by atoms with Crippen molar-refractivity contribution in [3.05, 3.63) is 53.6 Å². The van der Waals surface area contributed by atoms with E-state index >= 15 is 0 Å². The summed E-state index contributed by atoms with van der Waals surface area (Å²) in [5, 5.41) is 5.50. The summed E-state index contributed by atoms with van der Waals surface area (Å²) in [5.41, 5.74) is 4.21. The number of likely N-dealkylation sites (N-methyl/N-ethyl adjacent to an activating group) is 1.